The van der Waals surface area contributed by atoms with Crippen LogP contribution in [0.2, 0.25) is 0 Å². The van der Waals surface area contributed by atoms with Gasteiger partial charge in [-0.1, -0.05) is 47.8 Å². The molecule has 0 unspecified atom stereocenters. The van der Waals surface area contributed by atoms with Crippen molar-refractivity contribution in [1.29, 1.82) is 0 Å². The standard InChI is InChI=1S/C16H8O2S2.ClHO3S/c17-13-9-5-1-3-7-11(9)19-15(13)16-14(18)10-6-2-4-8-12(10)20-16;1-5(2,3)4/h1-8H;(H,2,3,4). The zero-order valence-electron chi connectivity index (χ0n) is 12.3. The van der Waals surface area contributed by atoms with Gasteiger partial charge >= 0.3 is 9.33 Å². The Hall–Kier alpha value is -1.58. The molecule has 2 aromatic carbocycles. The summed E-state index contributed by atoms with van der Waals surface area (Å²) in [7, 11) is -0.137. The quantitative estimate of drug-likeness (QED) is 0.394. The van der Waals surface area contributed by atoms with Crippen LogP contribution in [0, 0.1) is 0 Å². The van der Waals surface area contributed by atoms with E-state index in [1.807, 2.05) is 48.5 Å². The Labute approximate surface area is 156 Å². The minimum Gasteiger partial charge on any atom is -0.288 e. The first kappa shape index (κ1) is 18.2. The van der Waals surface area contributed by atoms with Crippen molar-refractivity contribution in [1.82, 2.24) is 0 Å². The number of hydrogen-bond acceptors (Lipinski definition) is 6. The van der Waals surface area contributed by atoms with E-state index in [0.29, 0.717) is 20.9 Å². The normalized spacial score (nSPS) is 18.5. The molecular formula is C16H9ClO5S3. The molecule has 0 aliphatic carbocycles. The summed E-state index contributed by atoms with van der Waals surface area (Å²) < 4.78 is 25.2. The smallest absolute Gasteiger partial charge is 0.288 e. The Balaban J connectivity index is 0.000000324. The second kappa shape index (κ2) is 6.97. The monoisotopic (exact) mass is 412 g/mol. The summed E-state index contributed by atoms with van der Waals surface area (Å²) in [5.74, 6) is -0.0662. The van der Waals surface area contributed by atoms with E-state index in [0.717, 1.165) is 9.79 Å². The first-order chi connectivity index (χ1) is 11.8. The van der Waals surface area contributed by atoms with Crippen LogP contribution in [0.15, 0.2) is 68.1 Å². The van der Waals surface area contributed by atoms with Gasteiger partial charge in [-0.3, -0.25) is 14.1 Å². The van der Waals surface area contributed by atoms with Crippen LogP contribution in [0.5, 0.6) is 0 Å². The maximum absolute atomic E-state index is 12.4. The summed E-state index contributed by atoms with van der Waals surface area (Å²) in [6.45, 7) is 0. The van der Waals surface area contributed by atoms with Crippen molar-refractivity contribution in [3.63, 3.8) is 0 Å². The summed E-state index contributed by atoms with van der Waals surface area (Å²) >= 11 is 2.81. The van der Waals surface area contributed by atoms with Gasteiger partial charge in [-0.05, 0) is 24.3 Å². The fourth-order valence-corrected chi connectivity index (χ4v) is 4.64. The molecule has 128 valence electrons. The van der Waals surface area contributed by atoms with Crippen molar-refractivity contribution in [3.8, 4) is 0 Å². The lowest BCUT2D eigenvalue weighted by atomic mass is 10.1. The van der Waals surface area contributed by atoms with Crippen LogP contribution >= 0.6 is 34.2 Å². The summed E-state index contributed by atoms with van der Waals surface area (Å²) in [5.41, 5.74) is 1.40. The minimum atomic E-state index is -4.19. The van der Waals surface area contributed by atoms with Gasteiger partial charge in [0.25, 0.3) is 0 Å². The third kappa shape index (κ3) is 3.99. The molecule has 5 nitrogen and oxygen atoms in total. The fraction of sp³-hybridized carbons (Fsp3) is 0. The molecule has 0 saturated heterocycles. The van der Waals surface area contributed by atoms with E-state index in [1.165, 1.54) is 23.5 Å². The van der Waals surface area contributed by atoms with E-state index < -0.39 is 9.33 Å². The van der Waals surface area contributed by atoms with Crippen LogP contribution in [0.3, 0.4) is 0 Å². The molecule has 0 amide bonds. The number of halogens is 1. The van der Waals surface area contributed by atoms with Gasteiger partial charge in [0.1, 0.15) is 0 Å². The Bertz CT molecular complexity index is 952. The lowest BCUT2D eigenvalue weighted by Gasteiger charge is -1.98. The summed E-state index contributed by atoms with van der Waals surface area (Å²) in [4.78, 5) is 27.9. The van der Waals surface area contributed by atoms with Crippen LogP contribution in [0.4, 0.5) is 0 Å². The lowest BCUT2D eigenvalue weighted by Crippen LogP contribution is -2.01. The second-order valence-electron chi connectivity index (χ2n) is 4.93. The Morgan fingerprint density at radius 3 is 1.40 bits per heavy atom. The highest BCUT2D eigenvalue weighted by atomic mass is 35.7. The lowest BCUT2D eigenvalue weighted by molar-refractivity contribution is 0.101. The zero-order valence-corrected chi connectivity index (χ0v) is 15.5. The Morgan fingerprint density at radius 1 is 0.760 bits per heavy atom. The van der Waals surface area contributed by atoms with E-state index in [1.54, 1.807) is 0 Å². The van der Waals surface area contributed by atoms with Crippen molar-refractivity contribution in [3.05, 3.63) is 69.5 Å². The van der Waals surface area contributed by atoms with Gasteiger partial charge in [0.05, 0.1) is 9.81 Å². The minimum absolute atomic E-state index is 0.0331. The van der Waals surface area contributed by atoms with E-state index in [2.05, 4.69) is 10.7 Å². The van der Waals surface area contributed by atoms with Crippen LogP contribution in [-0.2, 0) is 9.33 Å². The third-order valence-electron chi connectivity index (χ3n) is 3.31. The molecule has 0 aromatic heterocycles. The van der Waals surface area contributed by atoms with Crippen molar-refractivity contribution >= 4 is 55.1 Å². The summed E-state index contributed by atoms with van der Waals surface area (Å²) in [5, 5.41) is 0. The number of Topliss-reactive ketones (excluding diaryl/α,β-unsaturated/α-hetero) is 2. The van der Waals surface area contributed by atoms with Gasteiger partial charge in [-0.25, -0.2) is 0 Å². The molecule has 2 heterocycles. The molecule has 1 N–H and O–H groups in total. The van der Waals surface area contributed by atoms with Crippen molar-refractivity contribution in [2.75, 3.05) is 0 Å². The molecule has 0 saturated carbocycles. The predicted octanol–water partition coefficient (Wildman–Crippen LogP) is 4.20. The number of fused-ring (bicyclic) bond motifs is 2. The third-order valence-corrected chi connectivity index (χ3v) is 5.77. The number of ketones is 2. The van der Waals surface area contributed by atoms with E-state index in [-0.39, 0.29) is 11.6 Å². The largest absolute Gasteiger partial charge is 0.353 e. The first-order valence-electron chi connectivity index (χ1n) is 6.80. The molecule has 0 bridgehead atoms. The average Bonchev–Trinajstić information content (AvgIpc) is 3.05. The first-order valence-corrected chi connectivity index (χ1v) is 10.7. The molecule has 2 aliphatic heterocycles. The number of allylic oxidation sites excluding steroid dienone is 2. The Kier molecular flexibility index (Phi) is 5.08. The molecule has 9 heteroatoms. The van der Waals surface area contributed by atoms with E-state index in [9.17, 15) is 9.59 Å². The summed E-state index contributed by atoms with van der Waals surface area (Å²) in [6, 6.07) is 15.0. The molecule has 0 fully saturated rings. The molecule has 2 aliphatic rings. The maximum atomic E-state index is 12.4. The Morgan fingerprint density at radius 2 is 1.08 bits per heavy atom. The fourth-order valence-electron chi connectivity index (χ4n) is 2.34. The average molecular weight is 413 g/mol. The number of carbonyl (C=O) groups excluding carboxylic acids is 2. The van der Waals surface area contributed by atoms with E-state index >= 15 is 0 Å². The SMILES string of the molecule is O=C1C(=C2Sc3ccccc3C2=O)Sc2ccccc21.O=S(=O)(O)Cl. The molecular weight excluding hydrogens is 404 g/mol. The van der Waals surface area contributed by atoms with Crippen LogP contribution in [-0.4, -0.2) is 24.5 Å². The van der Waals surface area contributed by atoms with Crippen molar-refractivity contribution in [2.45, 2.75) is 9.79 Å². The number of rotatable bonds is 0. The highest BCUT2D eigenvalue weighted by Gasteiger charge is 2.35. The van der Waals surface area contributed by atoms with Crippen molar-refractivity contribution in [2.24, 2.45) is 0 Å². The maximum Gasteiger partial charge on any atom is 0.353 e. The van der Waals surface area contributed by atoms with Crippen LogP contribution in [0.1, 0.15) is 20.7 Å². The predicted molar refractivity (Wildman–Crippen MR) is 97.7 cm³/mol. The number of carbonyl (C=O) groups is 2. The van der Waals surface area contributed by atoms with Crippen LogP contribution in [0.25, 0.3) is 0 Å². The molecule has 0 spiro atoms. The van der Waals surface area contributed by atoms with Gasteiger partial charge < -0.3 is 0 Å². The van der Waals surface area contributed by atoms with Gasteiger partial charge in [0, 0.05) is 31.6 Å². The van der Waals surface area contributed by atoms with Gasteiger partial charge in [-0.15, -0.1) is 0 Å². The van der Waals surface area contributed by atoms with Crippen molar-refractivity contribution < 1.29 is 22.6 Å². The summed E-state index contributed by atoms with van der Waals surface area (Å²) in [6.07, 6.45) is 0. The molecule has 2 aromatic rings. The number of hydrogen-bond donors (Lipinski definition) is 1. The van der Waals surface area contributed by atoms with Gasteiger partial charge in [-0.2, -0.15) is 8.42 Å². The second-order valence-corrected chi connectivity index (χ2v) is 9.02. The van der Waals surface area contributed by atoms with Gasteiger partial charge in [0.15, 0.2) is 0 Å². The molecule has 25 heavy (non-hydrogen) atoms. The number of thioether (sulfide) groups is 2. The molecule has 4 rings (SSSR count). The molecule has 0 radical (unpaired) electrons. The zero-order chi connectivity index (χ0) is 18.2. The van der Waals surface area contributed by atoms with E-state index in [4.69, 9.17) is 13.0 Å². The topological polar surface area (TPSA) is 88.5 Å². The highest BCUT2D eigenvalue weighted by Crippen LogP contribution is 2.49. The molecule has 0 atom stereocenters. The number of benzene rings is 2. The van der Waals surface area contributed by atoms with Gasteiger partial charge in [0.2, 0.25) is 11.6 Å². The highest BCUT2D eigenvalue weighted by molar-refractivity contribution is 8.09. The van der Waals surface area contributed by atoms with Crippen LogP contribution < -0.4 is 0 Å².